The molecule has 0 spiro atoms. The lowest BCUT2D eigenvalue weighted by atomic mass is 9.93. The second kappa shape index (κ2) is 6.52. The Labute approximate surface area is 112 Å². The maximum Gasteiger partial charge on any atom is 0.315 e. The fraction of sp³-hybridized carbons (Fsp3) is 0.500. The molecule has 2 atom stereocenters. The van der Waals surface area contributed by atoms with Gasteiger partial charge in [0.05, 0.1) is 12.1 Å². The number of nitrogens with one attached hydrogen (secondary N) is 2. The third-order valence-electron chi connectivity index (χ3n) is 3.39. The molecule has 1 aromatic rings. The average Bonchev–Trinajstić information content (AvgIpc) is 2.39. The number of carbonyl (C=O) groups excluding carboxylic acids is 1. The van der Waals surface area contributed by atoms with E-state index in [0.29, 0.717) is 5.56 Å². The molecule has 0 radical (unpaired) electrons. The summed E-state index contributed by atoms with van der Waals surface area (Å²) >= 11 is 0. The second-order valence-corrected chi connectivity index (χ2v) is 4.92. The number of urea groups is 1. The number of rotatable bonds is 3. The first kappa shape index (κ1) is 13.8. The van der Waals surface area contributed by atoms with Crippen molar-refractivity contribution in [1.82, 2.24) is 10.6 Å². The standard InChI is InChI=1S/C14H19FN2O2/c15-11-5-3-4-10(8-11)9-16-14(19)17-12-6-1-2-7-13(12)18/h3-5,8,12-13,18H,1-2,6-7,9H2,(H2,16,17,19). The zero-order valence-electron chi connectivity index (χ0n) is 10.7. The molecule has 1 aliphatic rings. The van der Waals surface area contributed by atoms with Crippen LogP contribution < -0.4 is 10.6 Å². The quantitative estimate of drug-likeness (QED) is 0.783. The van der Waals surface area contributed by atoms with Crippen molar-refractivity contribution in [3.05, 3.63) is 35.6 Å². The minimum Gasteiger partial charge on any atom is -0.391 e. The third-order valence-corrected chi connectivity index (χ3v) is 3.39. The molecule has 1 saturated carbocycles. The van der Waals surface area contributed by atoms with Crippen molar-refractivity contribution in [1.29, 1.82) is 0 Å². The Balaban J connectivity index is 1.78. The number of benzene rings is 1. The number of aliphatic hydroxyl groups is 1. The van der Waals surface area contributed by atoms with Crippen LogP contribution in [0.1, 0.15) is 31.2 Å². The smallest absolute Gasteiger partial charge is 0.315 e. The molecule has 2 rings (SSSR count). The number of halogens is 1. The van der Waals surface area contributed by atoms with E-state index in [1.807, 2.05) is 0 Å². The molecule has 2 amide bonds. The van der Waals surface area contributed by atoms with Crippen molar-refractivity contribution >= 4 is 6.03 Å². The van der Waals surface area contributed by atoms with Crippen molar-refractivity contribution < 1.29 is 14.3 Å². The van der Waals surface area contributed by atoms with Gasteiger partial charge in [-0.2, -0.15) is 0 Å². The Hall–Kier alpha value is -1.62. The molecule has 0 aliphatic heterocycles. The van der Waals surface area contributed by atoms with Gasteiger partial charge in [-0.1, -0.05) is 25.0 Å². The van der Waals surface area contributed by atoms with Gasteiger partial charge in [0.15, 0.2) is 0 Å². The Bertz CT molecular complexity index is 439. The Morgan fingerprint density at radius 2 is 2.16 bits per heavy atom. The summed E-state index contributed by atoms with van der Waals surface area (Å²) in [7, 11) is 0. The second-order valence-electron chi connectivity index (χ2n) is 4.92. The molecule has 4 nitrogen and oxygen atoms in total. The molecule has 0 bridgehead atoms. The van der Waals surface area contributed by atoms with Crippen molar-refractivity contribution in [3.63, 3.8) is 0 Å². The normalized spacial score (nSPS) is 22.8. The number of carbonyl (C=O) groups is 1. The van der Waals surface area contributed by atoms with Gasteiger partial charge in [0.2, 0.25) is 0 Å². The highest BCUT2D eigenvalue weighted by Gasteiger charge is 2.24. The maximum atomic E-state index is 13.0. The molecule has 0 saturated heterocycles. The van der Waals surface area contributed by atoms with Crippen LogP contribution in [0.4, 0.5) is 9.18 Å². The topological polar surface area (TPSA) is 61.4 Å². The van der Waals surface area contributed by atoms with Crippen LogP contribution in [0.2, 0.25) is 0 Å². The highest BCUT2D eigenvalue weighted by molar-refractivity contribution is 5.74. The monoisotopic (exact) mass is 266 g/mol. The van der Waals surface area contributed by atoms with Gasteiger partial charge in [-0.3, -0.25) is 0 Å². The van der Waals surface area contributed by atoms with Gasteiger partial charge in [0.1, 0.15) is 5.82 Å². The van der Waals surface area contributed by atoms with Gasteiger partial charge in [0.25, 0.3) is 0 Å². The Morgan fingerprint density at radius 3 is 2.89 bits per heavy atom. The molecule has 0 aromatic heterocycles. The van der Waals surface area contributed by atoms with Gasteiger partial charge in [-0.05, 0) is 30.5 Å². The number of hydrogen-bond acceptors (Lipinski definition) is 2. The van der Waals surface area contributed by atoms with E-state index in [2.05, 4.69) is 10.6 Å². The summed E-state index contributed by atoms with van der Waals surface area (Å²) in [5, 5.41) is 15.2. The summed E-state index contributed by atoms with van der Waals surface area (Å²) in [5.41, 5.74) is 0.708. The first-order valence-corrected chi connectivity index (χ1v) is 6.62. The van der Waals surface area contributed by atoms with E-state index in [1.54, 1.807) is 12.1 Å². The lowest BCUT2D eigenvalue weighted by Crippen LogP contribution is -2.48. The van der Waals surface area contributed by atoms with Crippen LogP contribution in [0.25, 0.3) is 0 Å². The van der Waals surface area contributed by atoms with Crippen molar-refractivity contribution in [2.45, 2.75) is 44.4 Å². The lowest BCUT2D eigenvalue weighted by Gasteiger charge is -2.28. The molecule has 19 heavy (non-hydrogen) atoms. The first-order chi connectivity index (χ1) is 9.15. The molecular formula is C14H19FN2O2. The highest BCUT2D eigenvalue weighted by atomic mass is 19.1. The largest absolute Gasteiger partial charge is 0.391 e. The molecule has 1 aromatic carbocycles. The van der Waals surface area contributed by atoms with Crippen LogP contribution in [-0.4, -0.2) is 23.3 Å². The van der Waals surface area contributed by atoms with Gasteiger partial charge in [-0.25, -0.2) is 9.18 Å². The molecule has 2 unspecified atom stereocenters. The first-order valence-electron chi connectivity index (χ1n) is 6.62. The third kappa shape index (κ3) is 4.21. The SMILES string of the molecule is O=C(NCc1cccc(F)c1)NC1CCCCC1O. The van der Waals surface area contributed by atoms with Crippen LogP contribution in [0.15, 0.2) is 24.3 Å². The minimum absolute atomic E-state index is 0.179. The zero-order valence-corrected chi connectivity index (χ0v) is 10.7. The van der Waals surface area contributed by atoms with Gasteiger partial charge in [0, 0.05) is 6.54 Å². The molecule has 5 heteroatoms. The van der Waals surface area contributed by atoms with E-state index < -0.39 is 6.10 Å². The van der Waals surface area contributed by atoms with Crippen molar-refractivity contribution in [2.75, 3.05) is 0 Å². The Kier molecular flexibility index (Phi) is 4.74. The van der Waals surface area contributed by atoms with Crippen LogP contribution >= 0.6 is 0 Å². The van der Waals surface area contributed by atoms with Gasteiger partial charge >= 0.3 is 6.03 Å². The van der Waals surface area contributed by atoms with Gasteiger partial charge < -0.3 is 15.7 Å². The summed E-state index contributed by atoms with van der Waals surface area (Å²) < 4.78 is 13.0. The van der Waals surface area contributed by atoms with E-state index in [-0.39, 0.29) is 24.4 Å². The van der Waals surface area contributed by atoms with E-state index in [9.17, 15) is 14.3 Å². The Morgan fingerprint density at radius 1 is 1.37 bits per heavy atom. The van der Waals surface area contributed by atoms with E-state index in [4.69, 9.17) is 0 Å². The predicted octanol–water partition coefficient (Wildman–Crippen LogP) is 1.93. The summed E-state index contributed by atoms with van der Waals surface area (Å²) in [5.74, 6) is -0.317. The lowest BCUT2D eigenvalue weighted by molar-refractivity contribution is 0.0943. The minimum atomic E-state index is -0.464. The summed E-state index contributed by atoms with van der Waals surface area (Å²) in [6, 6.07) is 5.60. The van der Waals surface area contributed by atoms with Gasteiger partial charge in [-0.15, -0.1) is 0 Å². The van der Waals surface area contributed by atoms with E-state index in [0.717, 1.165) is 25.7 Å². The maximum absolute atomic E-state index is 13.0. The van der Waals surface area contributed by atoms with Crippen LogP contribution in [0.3, 0.4) is 0 Å². The van der Waals surface area contributed by atoms with Crippen molar-refractivity contribution in [2.24, 2.45) is 0 Å². The number of amides is 2. The number of aliphatic hydroxyl groups excluding tert-OH is 1. The fourth-order valence-corrected chi connectivity index (χ4v) is 2.33. The number of hydrogen-bond donors (Lipinski definition) is 3. The average molecular weight is 266 g/mol. The molecule has 1 fully saturated rings. The molecular weight excluding hydrogens is 247 g/mol. The van der Waals surface area contributed by atoms with E-state index >= 15 is 0 Å². The van der Waals surface area contributed by atoms with Crippen LogP contribution in [0, 0.1) is 5.82 Å². The fourth-order valence-electron chi connectivity index (χ4n) is 2.33. The van der Waals surface area contributed by atoms with E-state index in [1.165, 1.54) is 12.1 Å². The van der Waals surface area contributed by atoms with Crippen molar-refractivity contribution in [3.8, 4) is 0 Å². The van der Waals surface area contributed by atoms with Crippen LogP contribution in [0.5, 0.6) is 0 Å². The summed E-state index contributed by atoms with van der Waals surface area (Å²) in [6.45, 7) is 0.270. The van der Waals surface area contributed by atoms with Crippen LogP contribution in [-0.2, 0) is 6.54 Å². The molecule has 3 N–H and O–H groups in total. The zero-order chi connectivity index (χ0) is 13.7. The summed E-state index contributed by atoms with van der Waals surface area (Å²) in [4.78, 5) is 11.7. The molecule has 0 heterocycles. The molecule has 1 aliphatic carbocycles. The molecule has 104 valence electrons. The predicted molar refractivity (Wildman–Crippen MR) is 70.0 cm³/mol. The summed E-state index contributed by atoms with van der Waals surface area (Å²) in [6.07, 6.45) is 3.09. The highest BCUT2D eigenvalue weighted by Crippen LogP contribution is 2.18.